The molecule has 2 unspecified atom stereocenters. The first-order valence-corrected chi connectivity index (χ1v) is 11.2. The highest BCUT2D eigenvalue weighted by Crippen LogP contribution is 2.43. The third-order valence-corrected chi connectivity index (χ3v) is 6.06. The van der Waals surface area contributed by atoms with Gasteiger partial charge in [-0.15, -0.1) is 0 Å². The first kappa shape index (κ1) is 22.5. The summed E-state index contributed by atoms with van der Waals surface area (Å²) in [5.74, 6) is 0.850. The second kappa shape index (κ2) is 8.70. The van der Waals surface area contributed by atoms with E-state index in [-0.39, 0.29) is 17.8 Å². The van der Waals surface area contributed by atoms with Crippen molar-refractivity contribution >= 4 is 0 Å². The molecule has 0 spiro atoms. The van der Waals surface area contributed by atoms with E-state index in [0.717, 1.165) is 28.0 Å². The third kappa shape index (κ3) is 4.44. The quantitative estimate of drug-likeness (QED) is 0.516. The number of hydroxylamine groups is 2. The largest absolute Gasteiger partial charge is 0.496 e. The monoisotopic (exact) mass is 430 g/mol. The summed E-state index contributed by atoms with van der Waals surface area (Å²) in [7, 11) is 3.71. The Bertz CT molecular complexity index is 1080. The Morgan fingerprint density at radius 3 is 2.19 bits per heavy atom. The number of methoxy groups -OCH3 is 1. The maximum Gasteiger partial charge on any atom is 0.160 e. The van der Waals surface area contributed by atoms with Crippen molar-refractivity contribution in [2.45, 2.75) is 52.4 Å². The van der Waals surface area contributed by atoms with Crippen molar-refractivity contribution in [1.82, 2.24) is 10.4 Å². The lowest BCUT2D eigenvalue weighted by atomic mass is 9.83. The summed E-state index contributed by atoms with van der Waals surface area (Å²) in [4.78, 5) is 6.31. The molecule has 0 amide bonds. The van der Waals surface area contributed by atoms with Crippen molar-refractivity contribution in [3.05, 3.63) is 88.5 Å². The lowest BCUT2D eigenvalue weighted by molar-refractivity contribution is -0.146. The van der Waals surface area contributed by atoms with Crippen molar-refractivity contribution in [3.63, 3.8) is 0 Å². The Balaban J connectivity index is 1.84. The zero-order valence-corrected chi connectivity index (χ0v) is 20.2. The highest BCUT2D eigenvalue weighted by atomic mass is 16.7. The van der Waals surface area contributed by atoms with Crippen LogP contribution in [0.1, 0.15) is 61.0 Å². The Morgan fingerprint density at radius 2 is 1.59 bits per heavy atom. The molecule has 1 N–H and O–H groups in total. The van der Waals surface area contributed by atoms with Gasteiger partial charge < -0.3 is 4.74 Å². The topological polar surface area (TPSA) is 33.7 Å². The van der Waals surface area contributed by atoms with Crippen molar-refractivity contribution in [2.24, 2.45) is 0 Å². The van der Waals surface area contributed by atoms with Crippen LogP contribution in [0.15, 0.2) is 60.7 Å². The Labute approximate surface area is 192 Å². The number of rotatable bonds is 4. The summed E-state index contributed by atoms with van der Waals surface area (Å²) in [6, 6.07) is 21.5. The number of hydrogen-bond acceptors (Lipinski definition) is 4. The van der Waals surface area contributed by atoms with E-state index < -0.39 is 0 Å². The molecule has 1 fully saturated rings. The molecular formula is C28H34N2O2. The van der Waals surface area contributed by atoms with E-state index in [1.54, 1.807) is 7.11 Å². The minimum absolute atomic E-state index is 0.0159. The average Bonchev–Trinajstić information content (AvgIpc) is 3.13. The summed E-state index contributed by atoms with van der Waals surface area (Å²) in [6.45, 7) is 11.0. The molecule has 2 atom stereocenters. The first-order chi connectivity index (χ1) is 15.2. The zero-order chi connectivity index (χ0) is 23.0. The maximum atomic E-state index is 6.31. The molecule has 4 rings (SSSR count). The first-order valence-electron chi connectivity index (χ1n) is 11.2. The molecule has 168 valence electrons. The van der Waals surface area contributed by atoms with Gasteiger partial charge in [-0.25, -0.2) is 0 Å². The highest BCUT2D eigenvalue weighted by molar-refractivity contribution is 5.75. The second-order valence-corrected chi connectivity index (χ2v) is 9.78. The number of benzene rings is 3. The van der Waals surface area contributed by atoms with Gasteiger partial charge in [-0.3, -0.25) is 10.2 Å². The smallest absolute Gasteiger partial charge is 0.160 e. The minimum atomic E-state index is -0.313. The molecule has 3 aromatic rings. The maximum absolute atomic E-state index is 6.31. The van der Waals surface area contributed by atoms with E-state index in [9.17, 15) is 0 Å². The van der Waals surface area contributed by atoms with Gasteiger partial charge in [0.25, 0.3) is 0 Å². The fourth-order valence-electron chi connectivity index (χ4n) is 4.45. The van der Waals surface area contributed by atoms with Gasteiger partial charge in [-0.05, 0) is 48.1 Å². The molecule has 1 aliphatic heterocycles. The van der Waals surface area contributed by atoms with Gasteiger partial charge in [-0.1, -0.05) is 80.4 Å². The molecule has 3 aromatic carbocycles. The van der Waals surface area contributed by atoms with Crippen LogP contribution in [0.5, 0.6) is 5.75 Å². The zero-order valence-electron chi connectivity index (χ0n) is 20.2. The van der Waals surface area contributed by atoms with Crippen LogP contribution >= 0.6 is 0 Å². The minimum Gasteiger partial charge on any atom is -0.496 e. The second-order valence-electron chi connectivity index (χ2n) is 9.78. The van der Waals surface area contributed by atoms with E-state index in [4.69, 9.17) is 9.57 Å². The van der Waals surface area contributed by atoms with E-state index >= 15 is 0 Å². The predicted octanol–water partition coefficient (Wildman–Crippen LogP) is 6.44. The molecule has 0 bridgehead atoms. The summed E-state index contributed by atoms with van der Waals surface area (Å²) < 4.78 is 6.03. The van der Waals surface area contributed by atoms with E-state index in [1.807, 2.05) is 18.2 Å². The van der Waals surface area contributed by atoms with Crippen LogP contribution in [0.25, 0.3) is 11.1 Å². The predicted molar refractivity (Wildman–Crippen MR) is 131 cm³/mol. The number of nitrogens with one attached hydrogen (secondary N) is 1. The lowest BCUT2D eigenvalue weighted by Crippen LogP contribution is -2.24. The van der Waals surface area contributed by atoms with Crippen LogP contribution in [0, 0.1) is 13.8 Å². The molecule has 0 aromatic heterocycles. The lowest BCUT2D eigenvalue weighted by Gasteiger charge is -2.25. The van der Waals surface area contributed by atoms with E-state index in [0.29, 0.717) is 0 Å². The molecule has 4 heteroatoms. The Hall–Kier alpha value is -2.66. The van der Waals surface area contributed by atoms with Gasteiger partial charge in [0.05, 0.1) is 7.11 Å². The normalized spacial score (nSPS) is 19.3. The fourth-order valence-corrected chi connectivity index (χ4v) is 4.45. The number of nitrogens with zero attached hydrogens (tertiary/aromatic N) is 1. The molecule has 0 radical (unpaired) electrons. The van der Waals surface area contributed by atoms with Gasteiger partial charge in [0, 0.05) is 18.2 Å². The Morgan fingerprint density at radius 1 is 0.938 bits per heavy atom. The third-order valence-electron chi connectivity index (χ3n) is 6.06. The van der Waals surface area contributed by atoms with Crippen molar-refractivity contribution in [1.29, 1.82) is 0 Å². The Kier molecular flexibility index (Phi) is 6.13. The molecule has 1 saturated heterocycles. The molecule has 4 nitrogen and oxygen atoms in total. The van der Waals surface area contributed by atoms with Gasteiger partial charge in [0.1, 0.15) is 11.9 Å². The van der Waals surface area contributed by atoms with Crippen molar-refractivity contribution in [2.75, 3.05) is 14.2 Å². The number of hydrogen-bond donors (Lipinski definition) is 1. The van der Waals surface area contributed by atoms with E-state index in [1.165, 1.54) is 16.7 Å². The van der Waals surface area contributed by atoms with Crippen molar-refractivity contribution in [3.8, 4) is 16.9 Å². The van der Waals surface area contributed by atoms with Crippen LogP contribution in [-0.2, 0) is 10.3 Å². The van der Waals surface area contributed by atoms with Gasteiger partial charge in [0.2, 0.25) is 0 Å². The summed E-state index contributed by atoms with van der Waals surface area (Å²) in [5, 5.41) is 5.54. The van der Waals surface area contributed by atoms with E-state index in [2.05, 4.69) is 94.5 Å². The molecule has 32 heavy (non-hydrogen) atoms. The molecule has 1 aliphatic rings. The molecular weight excluding hydrogens is 396 g/mol. The highest BCUT2D eigenvalue weighted by Gasteiger charge is 2.35. The van der Waals surface area contributed by atoms with Crippen LogP contribution < -0.4 is 10.1 Å². The summed E-state index contributed by atoms with van der Waals surface area (Å²) in [6.07, 6.45) is -0.346. The average molecular weight is 431 g/mol. The van der Waals surface area contributed by atoms with Crippen LogP contribution in [0.2, 0.25) is 0 Å². The van der Waals surface area contributed by atoms with Crippen LogP contribution in [0.3, 0.4) is 0 Å². The van der Waals surface area contributed by atoms with Crippen LogP contribution in [-0.4, -0.2) is 19.2 Å². The van der Waals surface area contributed by atoms with Crippen LogP contribution in [0.4, 0.5) is 0 Å². The molecule has 1 heterocycles. The van der Waals surface area contributed by atoms with Gasteiger partial charge in [-0.2, -0.15) is 5.06 Å². The summed E-state index contributed by atoms with van der Waals surface area (Å²) >= 11 is 0. The fraction of sp³-hybridized carbons (Fsp3) is 0.357. The standard InChI is InChI=1S/C28H34N2O2/c1-18-13-19(2)15-21(14-18)23-16-22(28(3,4)5)17-24(25(23)31-7)27-29-26(30(6)32-27)20-11-9-8-10-12-20/h8-17,26-27,29H,1-7H3. The summed E-state index contributed by atoms with van der Waals surface area (Å²) in [5.41, 5.74) is 8.15. The molecule has 0 aliphatic carbocycles. The SMILES string of the molecule is COc1c(-c2cc(C)cc(C)c2)cc(C(C)(C)C)cc1C1NC(c2ccccc2)N(C)O1. The number of ether oxygens (including phenoxy) is 1. The van der Waals surface area contributed by atoms with Crippen molar-refractivity contribution < 1.29 is 9.57 Å². The van der Waals surface area contributed by atoms with Gasteiger partial charge in [0.15, 0.2) is 6.23 Å². The van der Waals surface area contributed by atoms with Gasteiger partial charge >= 0.3 is 0 Å². The molecule has 0 saturated carbocycles. The number of aryl methyl sites for hydroxylation is 2.